The molecule has 0 spiro atoms. The molecule has 0 aromatic heterocycles. The highest BCUT2D eigenvalue weighted by Crippen LogP contribution is 2.57. The van der Waals surface area contributed by atoms with Crippen molar-refractivity contribution in [2.45, 2.75) is 105 Å². The van der Waals surface area contributed by atoms with Crippen LogP contribution in [0.4, 0.5) is 34.1 Å². The molecule has 0 unspecified atom stereocenters. The van der Waals surface area contributed by atoms with Gasteiger partial charge >= 0.3 is 0 Å². The van der Waals surface area contributed by atoms with Crippen LogP contribution in [0.15, 0.2) is 431 Å². The minimum absolute atomic E-state index is 0.185. The van der Waals surface area contributed by atoms with Crippen LogP contribution in [0.3, 0.4) is 0 Å². The molecule has 0 bridgehead atoms. The number of benzene rings is 18. The van der Waals surface area contributed by atoms with Crippen molar-refractivity contribution in [1.29, 1.82) is 0 Å². The van der Waals surface area contributed by atoms with E-state index in [0.29, 0.717) is 0 Å². The molecule has 0 radical (unpaired) electrons. The zero-order valence-corrected chi connectivity index (χ0v) is 76.5. The van der Waals surface area contributed by atoms with Crippen molar-refractivity contribution in [3.05, 3.63) is 453 Å². The van der Waals surface area contributed by atoms with E-state index in [1.54, 1.807) is 0 Å². The van der Waals surface area contributed by atoms with Crippen molar-refractivity contribution in [2.75, 3.05) is 9.80 Å². The van der Waals surface area contributed by atoms with Gasteiger partial charge in [0, 0.05) is 45.0 Å². The lowest BCUT2D eigenvalue weighted by Gasteiger charge is -2.47. The molecule has 18 aromatic carbocycles. The van der Waals surface area contributed by atoms with E-state index in [2.05, 4.69) is 524 Å². The van der Waals surface area contributed by atoms with E-state index in [1.165, 1.54) is 92.8 Å². The molecule has 0 fully saturated rings. The lowest BCUT2D eigenvalue weighted by Crippen LogP contribution is -2.74. The summed E-state index contributed by atoms with van der Waals surface area (Å²) in [4.78, 5) is 5.54. The fourth-order valence-corrected chi connectivity index (χ4v) is 24.9. The number of fused-ring (bicyclic) bond motifs is 4. The maximum atomic E-state index is 2.77. The van der Waals surface area contributed by atoms with E-state index in [0.717, 1.165) is 112 Å². The first kappa shape index (κ1) is 82.1. The van der Waals surface area contributed by atoms with Gasteiger partial charge in [0.05, 0.1) is 11.4 Å². The molecule has 128 heavy (non-hydrogen) atoms. The molecule has 18 aromatic rings. The van der Waals surface area contributed by atoms with Crippen molar-refractivity contribution >= 4 is 86.0 Å². The summed E-state index contributed by atoms with van der Waals surface area (Å²) in [5, 5.41) is 5.36. The van der Waals surface area contributed by atoms with Gasteiger partial charge in [0.15, 0.2) is 8.07 Å². The molecule has 0 saturated heterocycles. The summed E-state index contributed by atoms with van der Waals surface area (Å²) in [7, 11) is -2.93. The van der Waals surface area contributed by atoms with Crippen LogP contribution in [0.5, 0.6) is 0 Å². The van der Waals surface area contributed by atoms with Crippen LogP contribution in [0.1, 0.15) is 105 Å². The highest BCUT2D eigenvalue weighted by molar-refractivity contribution is 7.20. The molecular formula is C124H107BN2Si. The number of rotatable bonds is 16. The van der Waals surface area contributed by atoms with E-state index in [1.807, 2.05) is 0 Å². The second-order valence-corrected chi connectivity index (χ2v) is 43.0. The van der Waals surface area contributed by atoms with E-state index >= 15 is 0 Å². The highest BCUT2D eigenvalue weighted by atomic mass is 28.3. The van der Waals surface area contributed by atoms with Gasteiger partial charge in [0.1, 0.15) is 0 Å². The fraction of sp³-hybridized carbons (Fsp3) is 0.129. The van der Waals surface area contributed by atoms with Crippen molar-refractivity contribution in [3.63, 3.8) is 0 Å². The smallest absolute Gasteiger partial charge is 0.252 e. The third-order valence-corrected chi connectivity index (χ3v) is 31.6. The van der Waals surface area contributed by atoms with Crippen LogP contribution in [0.2, 0.25) is 0 Å². The lowest BCUT2D eigenvalue weighted by atomic mass is 9.33. The average molecular weight is 1660 g/mol. The van der Waals surface area contributed by atoms with Gasteiger partial charge in [-0.1, -0.05) is 441 Å². The Kier molecular flexibility index (Phi) is 21.2. The predicted octanol–water partition coefficient (Wildman–Crippen LogP) is 29.0. The van der Waals surface area contributed by atoms with E-state index < -0.39 is 8.07 Å². The van der Waals surface area contributed by atoms with E-state index in [9.17, 15) is 0 Å². The van der Waals surface area contributed by atoms with E-state index in [4.69, 9.17) is 0 Å². The molecule has 20 rings (SSSR count). The van der Waals surface area contributed by atoms with Crippen molar-refractivity contribution < 1.29 is 0 Å². The van der Waals surface area contributed by atoms with Crippen LogP contribution in [-0.4, -0.2) is 14.8 Å². The lowest BCUT2D eigenvalue weighted by molar-refractivity contribution is 0.590. The van der Waals surface area contributed by atoms with Crippen molar-refractivity contribution in [3.8, 4) is 111 Å². The second kappa shape index (κ2) is 33.0. The zero-order chi connectivity index (χ0) is 87.8. The topological polar surface area (TPSA) is 6.48 Å². The standard InChI is InChI=1S/C124H107BN2Si/c1-121(2,3)99-78-107(94-52-36-48-89(72-94)84-40-20-13-21-41-84)119(108(79-99)95-53-37-49-90(73-95)85-42-22-14-23-43-85)126-114-70-66-93(88-64-68-105(69-65-88)128(102-56-28-17-29-57-102,103-58-30-18-31-59-103)104-60-32-19-33-61-104)76-112(114)125-113-77-98(106-62-34-35-63-111(106)124(10,11)12)67-71-115(113)127(117-83-101(123(7,8)9)82-116(126)118(117)125)120-109(96-54-38-50-91(74-96)86-44-24-15-25-45-86)80-100(122(4,5)6)81-110(120)97-55-39-51-92(75-97)87-46-26-16-27-47-87/h13-83H,1-12H3. The molecule has 4 heteroatoms. The summed E-state index contributed by atoms with van der Waals surface area (Å²) >= 11 is 0. The Labute approximate surface area is 759 Å². The first-order valence-electron chi connectivity index (χ1n) is 45.5. The molecular weight excluding hydrogens is 1560 g/mol. The van der Waals surface area contributed by atoms with Gasteiger partial charge in [-0.05, 0) is 243 Å². The number of hydrogen-bond donors (Lipinski definition) is 0. The molecule has 0 aliphatic carbocycles. The molecule has 620 valence electrons. The predicted molar refractivity (Wildman–Crippen MR) is 553 cm³/mol. The Bertz CT molecular complexity index is 6860. The third-order valence-electron chi connectivity index (χ3n) is 26.8. The monoisotopic (exact) mass is 1660 g/mol. The molecule has 2 heterocycles. The van der Waals surface area contributed by atoms with Crippen LogP contribution in [0, 0.1) is 0 Å². The van der Waals surface area contributed by atoms with E-state index in [-0.39, 0.29) is 28.4 Å². The maximum Gasteiger partial charge on any atom is 0.252 e. The normalized spacial score (nSPS) is 12.6. The summed E-state index contributed by atoms with van der Waals surface area (Å²) in [6, 6.07) is 165. The molecule has 2 aliphatic rings. The first-order chi connectivity index (χ1) is 62.0. The van der Waals surface area contributed by atoms with Gasteiger partial charge in [-0.3, -0.25) is 0 Å². The minimum Gasteiger partial charge on any atom is -0.310 e. The quantitative estimate of drug-likeness (QED) is 0.0703. The summed E-state index contributed by atoms with van der Waals surface area (Å²) in [6.07, 6.45) is 0. The number of anilines is 6. The first-order valence-corrected chi connectivity index (χ1v) is 47.5. The Balaban J connectivity index is 0.952. The van der Waals surface area contributed by atoms with Gasteiger partial charge in [-0.2, -0.15) is 0 Å². The number of hydrogen-bond acceptors (Lipinski definition) is 2. The maximum absolute atomic E-state index is 2.93. The third kappa shape index (κ3) is 15.2. The molecule has 0 atom stereocenters. The van der Waals surface area contributed by atoms with Crippen LogP contribution in [-0.2, 0) is 21.7 Å². The molecule has 2 nitrogen and oxygen atoms in total. The van der Waals surface area contributed by atoms with Crippen molar-refractivity contribution in [2.24, 2.45) is 0 Å². The van der Waals surface area contributed by atoms with Crippen LogP contribution >= 0.6 is 0 Å². The zero-order valence-electron chi connectivity index (χ0n) is 75.5. The Morgan fingerprint density at radius 3 is 0.773 bits per heavy atom. The molecule has 0 N–H and O–H groups in total. The summed E-state index contributed by atoms with van der Waals surface area (Å²) in [5.74, 6) is 0. The van der Waals surface area contributed by atoms with Crippen LogP contribution < -0.4 is 46.9 Å². The summed E-state index contributed by atoms with van der Waals surface area (Å²) in [6.45, 7) is 28.3. The van der Waals surface area contributed by atoms with Gasteiger partial charge < -0.3 is 9.80 Å². The Morgan fingerprint density at radius 1 is 0.188 bits per heavy atom. The average Bonchev–Trinajstić information content (AvgIpc) is 0.668. The SMILES string of the molecule is CC(C)(C)c1cc(-c2cccc(-c3ccccc3)c2)c(N2c3ccc(-c4ccc([Si](c5ccccc5)(c5ccccc5)c5ccccc5)cc4)cc3B3c4cc(-c5ccccc5C(C)(C)C)ccc4N(c4c(-c5cccc(-c6ccccc6)c5)cc(C(C)(C)C)cc4-c4cccc(-c5ccccc5)c4)c4cc(C(C)(C)C)cc2c43)c(-c2cccc(-c3ccccc3)c2)c1. The van der Waals surface area contributed by atoms with Crippen LogP contribution in [0.25, 0.3) is 111 Å². The highest BCUT2D eigenvalue weighted by Gasteiger charge is 2.48. The van der Waals surface area contributed by atoms with Gasteiger partial charge in [-0.15, -0.1) is 0 Å². The molecule has 2 aliphatic heterocycles. The van der Waals surface area contributed by atoms with Gasteiger partial charge in [0.2, 0.25) is 0 Å². The molecule has 0 amide bonds. The summed E-state index contributed by atoms with van der Waals surface area (Å²) in [5.41, 5.74) is 37.4. The second-order valence-electron chi connectivity index (χ2n) is 39.2. The number of nitrogens with zero attached hydrogens (tertiary/aromatic N) is 2. The Hall–Kier alpha value is -14.2. The Morgan fingerprint density at radius 2 is 0.438 bits per heavy atom. The fourth-order valence-electron chi connectivity index (χ4n) is 20.1. The van der Waals surface area contributed by atoms with Gasteiger partial charge in [-0.25, -0.2) is 0 Å². The van der Waals surface area contributed by atoms with Gasteiger partial charge in [0.25, 0.3) is 6.71 Å². The molecule has 0 saturated carbocycles. The minimum atomic E-state index is -2.93. The van der Waals surface area contributed by atoms with Crippen molar-refractivity contribution in [1.82, 2.24) is 0 Å². The summed E-state index contributed by atoms with van der Waals surface area (Å²) < 4.78 is 0. The largest absolute Gasteiger partial charge is 0.310 e.